The number of hydrogen-bond acceptors (Lipinski definition) is 5. The van der Waals surface area contributed by atoms with Crippen LogP contribution in [-0.2, 0) is 23.9 Å². The van der Waals surface area contributed by atoms with Gasteiger partial charge in [-0.25, -0.2) is 4.79 Å². The number of carboxylic acids is 1. The van der Waals surface area contributed by atoms with E-state index in [0.717, 1.165) is 25.3 Å². The molecule has 2 rings (SSSR count). The summed E-state index contributed by atoms with van der Waals surface area (Å²) in [6.07, 6.45) is 9.42. The third kappa shape index (κ3) is 5.03. The lowest BCUT2D eigenvalue weighted by atomic mass is 9.49. The highest BCUT2D eigenvalue weighted by Crippen LogP contribution is 2.59. The number of aliphatic carboxylic acids is 1. The Labute approximate surface area is 167 Å². The Balaban J connectivity index is 2.25. The summed E-state index contributed by atoms with van der Waals surface area (Å²) < 4.78 is 10.4. The normalized spacial score (nSPS) is 31.6. The van der Waals surface area contributed by atoms with E-state index in [0.29, 0.717) is 30.8 Å². The molecule has 4 atom stereocenters. The lowest BCUT2D eigenvalue weighted by Crippen LogP contribution is -2.51. The number of fused-ring (bicyclic) bond motifs is 1. The number of rotatable bonds is 8. The Bertz CT molecular complexity index is 662. The molecule has 0 heterocycles. The van der Waals surface area contributed by atoms with Gasteiger partial charge in [-0.3, -0.25) is 9.59 Å². The molecule has 2 aliphatic carbocycles. The fraction of sp³-hybridized carbons (Fsp3) is 0.682. The standard InChI is InChI=1S/C22H32O6/c1-15(24)27-13-16(12-20(25)26)6-7-17-18(28-14-23)8-9-19-21(2,3)10-5-11-22(17,19)4/h8-9,12,14,17-19H,5-7,10-11,13H2,1-4H3,(H,25,26)/b16-12+/t17-,18+,19-,22+/m1/s1. The summed E-state index contributed by atoms with van der Waals surface area (Å²) in [6.45, 7) is 8.60. The fourth-order valence-corrected chi connectivity index (χ4v) is 5.35. The van der Waals surface area contributed by atoms with Crippen molar-refractivity contribution in [2.75, 3.05) is 6.61 Å². The van der Waals surface area contributed by atoms with E-state index in [-0.39, 0.29) is 29.5 Å². The second-order valence-corrected chi connectivity index (χ2v) is 8.97. The zero-order valence-corrected chi connectivity index (χ0v) is 17.3. The van der Waals surface area contributed by atoms with E-state index in [1.807, 2.05) is 6.08 Å². The number of hydrogen-bond donors (Lipinski definition) is 1. The molecule has 0 amide bonds. The average molecular weight is 392 g/mol. The van der Waals surface area contributed by atoms with Gasteiger partial charge in [-0.2, -0.15) is 0 Å². The lowest BCUT2D eigenvalue weighted by Gasteiger charge is -2.56. The number of ether oxygens (including phenoxy) is 2. The van der Waals surface area contributed by atoms with E-state index >= 15 is 0 Å². The second kappa shape index (κ2) is 8.93. The Kier molecular flexibility index (Phi) is 7.07. The summed E-state index contributed by atoms with van der Waals surface area (Å²) in [5.41, 5.74) is 0.669. The molecule has 0 aromatic carbocycles. The van der Waals surface area contributed by atoms with Gasteiger partial charge in [0.05, 0.1) is 0 Å². The number of carbonyl (C=O) groups excluding carboxylic acids is 2. The van der Waals surface area contributed by atoms with Crippen LogP contribution < -0.4 is 0 Å². The van der Waals surface area contributed by atoms with Gasteiger partial charge >= 0.3 is 11.9 Å². The Morgan fingerprint density at radius 3 is 2.54 bits per heavy atom. The average Bonchev–Trinajstić information content (AvgIpc) is 2.57. The first-order valence-electron chi connectivity index (χ1n) is 9.93. The Hall–Kier alpha value is -2.11. The van der Waals surface area contributed by atoms with Gasteiger partial charge in [0.15, 0.2) is 0 Å². The van der Waals surface area contributed by atoms with E-state index in [9.17, 15) is 14.4 Å². The molecule has 0 saturated heterocycles. The maximum Gasteiger partial charge on any atom is 0.328 e. The van der Waals surface area contributed by atoms with Crippen LogP contribution in [0.5, 0.6) is 0 Å². The monoisotopic (exact) mass is 392 g/mol. The summed E-state index contributed by atoms with van der Waals surface area (Å²) in [6, 6.07) is 0. The maximum absolute atomic E-state index is 11.1. The van der Waals surface area contributed by atoms with Gasteiger partial charge in [0.2, 0.25) is 0 Å². The highest BCUT2D eigenvalue weighted by molar-refractivity contribution is 5.80. The van der Waals surface area contributed by atoms with Crippen molar-refractivity contribution in [1.82, 2.24) is 0 Å². The molecule has 2 aliphatic rings. The van der Waals surface area contributed by atoms with E-state index < -0.39 is 11.9 Å². The van der Waals surface area contributed by atoms with Gasteiger partial charge in [-0.1, -0.05) is 33.3 Å². The molecule has 0 bridgehead atoms. The van der Waals surface area contributed by atoms with E-state index in [1.54, 1.807) is 0 Å². The molecule has 0 aromatic rings. The molecule has 1 fully saturated rings. The predicted octanol–water partition coefficient (Wildman–Crippen LogP) is 3.90. The summed E-state index contributed by atoms with van der Waals surface area (Å²) in [4.78, 5) is 33.3. The Morgan fingerprint density at radius 1 is 1.21 bits per heavy atom. The maximum atomic E-state index is 11.1. The molecule has 156 valence electrons. The minimum atomic E-state index is -1.06. The molecule has 0 aromatic heterocycles. The van der Waals surface area contributed by atoms with Crippen LogP contribution in [0.1, 0.15) is 59.8 Å². The first-order chi connectivity index (χ1) is 13.1. The van der Waals surface area contributed by atoms with Gasteiger partial charge in [-0.05, 0) is 54.1 Å². The topological polar surface area (TPSA) is 89.9 Å². The van der Waals surface area contributed by atoms with Crippen LogP contribution in [0.25, 0.3) is 0 Å². The first kappa shape index (κ1) is 22.2. The minimum absolute atomic E-state index is 0.0327. The zero-order chi connectivity index (χ0) is 20.9. The summed E-state index contributed by atoms with van der Waals surface area (Å²) in [5, 5.41) is 9.13. The van der Waals surface area contributed by atoms with Crippen LogP contribution in [0.4, 0.5) is 0 Å². The highest BCUT2D eigenvalue weighted by atomic mass is 16.5. The van der Waals surface area contributed by atoms with Crippen LogP contribution in [0, 0.1) is 22.7 Å². The SMILES string of the molecule is CC(=O)OC/C(=C/C(=O)O)CC[C@@H]1[C@@H](OC=O)C=C[C@@H]2C(C)(C)CCC[C@@]12C. The van der Waals surface area contributed by atoms with Crippen molar-refractivity contribution < 1.29 is 29.0 Å². The van der Waals surface area contributed by atoms with Crippen LogP contribution in [-0.4, -0.2) is 36.2 Å². The molecular weight excluding hydrogens is 360 g/mol. The molecule has 1 N–H and O–H groups in total. The van der Waals surface area contributed by atoms with Crippen molar-refractivity contribution in [1.29, 1.82) is 0 Å². The van der Waals surface area contributed by atoms with Gasteiger partial charge in [-0.15, -0.1) is 0 Å². The summed E-state index contributed by atoms with van der Waals surface area (Å²) in [7, 11) is 0. The minimum Gasteiger partial charge on any atom is -0.478 e. The third-order valence-corrected chi connectivity index (χ3v) is 6.60. The lowest BCUT2D eigenvalue weighted by molar-refractivity contribution is -0.142. The van der Waals surface area contributed by atoms with Crippen LogP contribution in [0.2, 0.25) is 0 Å². The fourth-order valence-electron chi connectivity index (χ4n) is 5.35. The van der Waals surface area contributed by atoms with E-state index in [2.05, 4.69) is 26.8 Å². The van der Waals surface area contributed by atoms with Gasteiger partial charge < -0.3 is 14.6 Å². The second-order valence-electron chi connectivity index (χ2n) is 8.97. The molecular formula is C22H32O6. The van der Waals surface area contributed by atoms with Crippen molar-refractivity contribution in [3.05, 3.63) is 23.8 Å². The number of carboxylic acid groups (broad SMARTS) is 1. The predicted molar refractivity (Wildman–Crippen MR) is 104 cm³/mol. The molecule has 0 aliphatic heterocycles. The van der Waals surface area contributed by atoms with Crippen molar-refractivity contribution in [3.63, 3.8) is 0 Å². The largest absolute Gasteiger partial charge is 0.478 e. The number of allylic oxidation sites excluding steroid dienone is 1. The van der Waals surface area contributed by atoms with E-state index in [4.69, 9.17) is 14.6 Å². The molecule has 0 unspecified atom stereocenters. The van der Waals surface area contributed by atoms with Crippen molar-refractivity contribution in [2.24, 2.45) is 22.7 Å². The first-order valence-corrected chi connectivity index (χ1v) is 9.93. The summed E-state index contributed by atoms with van der Waals surface area (Å²) >= 11 is 0. The van der Waals surface area contributed by atoms with Gasteiger partial charge in [0.1, 0.15) is 12.7 Å². The highest BCUT2D eigenvalue weighted by Gasteiger charge is 2.53. The van der Waals surface area contributed by atoms with Crippen LogP contribution in [0.15, 0.2) is 23.8 Å². The molecule has 6 nitrogen and oxygen atoms in total. The quantitative estimate of drug-likeness (QED) is 0.292. The van der Waals surface area contributed by atoms with Crippen molar-refractivity contribution in [2.45, 2.75) is 65.9 Å². The Morgan fingerprint density at radius 2 is 1.93 bits per heavy atom. The smallest absolute Gasteiger partial charge is 0.328 e. The molecule has 28 heavy (non-hydrogen) atoms. The molecule has 0 spiro atoms. The third-order valence-electron chi connectivity index (χ3n) is 6.60. The molecule has 0 radical (unpaired) electrons. The van der Waals surface area contributed by atoms with Gasteiger partial charge in [0.25, 0.3) is 6.47 Å². The summed E-state index contributed by atoms with van der Waals surface area (Å²) in [5.74, 6) is -1.07. The molecule has 6 heteroatoms. The zero-order valence-electron chi connectivity index (χ0n) is 17.3. The van der Waals surface area contributed by atoms with Crippen molar-refractivity contribution in [3.8, 4) is 0 Å². The van der Waals surface area contributed by atoms with Crippen LogP contribution in [0.3, 0.4) is 0 Å². The van der Waals surface area contributed by atoms with E-state index in [1.165, 1.54) is 6.92 Å². The number of carbonyl (C=O) groups is 3. The van der Waals surface area contributed by atoms with Crippen molar-refractivity contribution >= 4 is 18.4 Å². The van der Waals surface area contributed by atoms with Crippen LogP contribution >= 0.6 is 0 Å². The number of esters is 1. The molecule has 1 saturated carbocycles. The van der Waals surface area contributed by atoms with Gasteiger partial charge in [0, 0.05) is 18.9 Å².